The van der Waals surface area contributed by atoms with E-state index in [9.17, 15) is 8.42 Å². The van der Waals surface area contributed by atoms with E-state index in [2.05, 4.69) is 4.98 Å². The summed E-state index contributed by atoms with van der Waals surface area (Å²) in [5, 5.41) is 1.76. The molecule has 1 aromatic carbocycles. The second-order valence-corrected chi connectivity index (χ2v) is 6.55. The predicted octanol–water partition coefficient (Wildman–Crippen LogP) is 2.28. The van der Waals surface area contributed by atoms with E-state index in [-0.39, 0.29) is 0 Å². The van der Waals surface area contributed by atoms with E-state index in [1.54, 1.807) is 11.6 Å². The maximum atomic E-state index is 11.8. The summed E-state index contributed by atoms with van der Waals surface area (Å²) in [4.78, 5) is 4.10. The molecular weight excluding hydrogens is 242 g/mol. The van der Waals surface area contributed by atoms with Crippen molar-refractivity contribution in [3.63, 3.8) is 0 Å². The maximum absolute atomic E-state index is 11.8. The van der Waals surface area contributed by atoms with Crippen LogP contribution in [-0.4, -0.2) is 19.7 Å². The highest BCUT2D eigenvalue weighted by Crippen LogP contribution is 2.30. The minimum Gasteiger partial charge on any atom is -0.248 e. The van der Waals surface area contributed by atoms with E-state index in [0.29, 0.717) is 5.01 Å². The lowest BCUT2D eigenvalue weighted by Gasteiger charge is -2.12. The number of nitrogens with zero attached hydrogens (tertiary/aromatic N) is 1. The fraction of sp³-hybridized carbons (Fsp3) is 0.182. The van der Waals surface area contributed by atoms with Gasteiger partial charge in [0.1, 0.15) is 10.3 Å². The van der Waals surface area contributed by atoms with E-state index in [4.69, 9.17) is 0 Å². The van der Waals surface area contributed by atoms with Crippen molar-refractivity contribution in [3.05, 3.63) is 52.5 Å². The normalized spacial score (nSPS) is 13.6. The third-order valence-corrected chi connectivity index (χ3v) is 4.55. The first-order valence-electron chi connectivity index (χ1n) is 4.72. The number of sulfone groups is 1. The molecule has 0 saturated carbocycles. The Kier molecular flexibility index (Phi) is 3.07. The van der Waals surface area contributed by atoms with Gasteiger partial charge >= 0.3 is 0 Å². The quantitative estimate of drug-likeness (QED) is 0.843. The maximum Gasteiger partial charge on any atom is 0.161 e. The fourth-order valence-electron chi connectivity index (χ4n) is 1.56. The summed E-state index contributed by atoms with van der Waals surface area (Å²) in [6.45, 7) is 0. The van der Waals surface area contributed by atoms with E-state index in [0.717, 1.165) is 5.56 Å². The molecule has 0 bridgehead atoms. The largest absolute Gasteiger partial charge is 0.248 e. The van der Waals surface area contributed by atoms with Crippen molar-refractivity contribution in [2.75, 3.05) is 6.26 Å². The van der Waals surface area contributed by atoms with Gasteiger partial charge in [0.15, 0.2) is 9.84 Å². The Bertz CT molecular complexity index is 547. The summed E-state index contributed by atoms with van der Waals surface area (Å²) < 4.78 is 23.6. The molecule has 0 saturated heterocycles. The molecule has 3 nitrogen and oxygen atoms in total. The minimum absolute atomic E-state index is 0.619. The molecule has 0 aliphatic rings. The van der Waals surface area contributed by atoms with Gasteiger partial charge in [0.05, 0.1) is 0 Å². The van der Waals surface area contributed by atoms with Gasteiger partial charge in [0, 0.05) is 17.8 Å². The molecule has 2 rings (SSSR count). The molecule has 84 valence electrons. The van der Waals surface area contributed by atoms with Crippen LogP contribution in [0.3, 0.4) is 0 Å². The zero-order chi connectivity index (χ0) is 11.6. The Labute approximate surface area is 98.7 Å². The molecule has 1 heterocycles. The van der Waals surface area contributed by atoms with Crippen LogP contribution >= 0.6 is 11.3 Å². The number of thiazole rings is 1. The first kappa shape index (κ1) is 11.3. The van der Waals surface area contributed by atoms with E-state index >= 15 is 0 Å². The van der Waals surface area contributed by atoms with Crippen molar-refractivity contribution in [1.82, 2.24) is 4.98 Å². The molecule has 1 unspecified atom stereocenters. The van der Waals surface area contributed by atoms with Gasteiger partial charge in [-0.3, -0.25) is 0 Å². The topological polar surface area (TPSA) is 47.0 Å². The van der Waals surface area contributed by atoms with Crippen LogP contribution in [0.25, 0.3) is 0 Å². The van der Waals surface area contributed by atoms with Gasteiger partial charge in [0.2, 0.25) is 0 Å². The number of hydrogen-bond donors (Lipinski definition) is 0. The Morgan fingerprint density at radius 2 is 1.94 bits per heavy atom. The van der Waals surface area contributed by atoms with Gasteiger partial charge in [-0.25, -0.2) is 13.4 Å². The molecule has 0 spiro atoms. The summed E-state index contributed by atoms with van der Waals surface area (Å²) >= 11 is 1.36. The molecule has 0 N–H and O–H groups in total. The standard InChI is InChI=1S/C11H11NO2S2/c1-16(13,14)10(11-12-7-8-15-11)9-5-3-2-4-6-9/h2-8,10H,1H3. The highest BCUT2D eigenvalue weighted by Gasteiger charge is 2.26. The number of aromatic nitrogens is 1. The smallest absolute Gasteiger partial charge is 0.161 e. The third kappa shape index (κ3) is 2.31. The Morgan fingerprint density at radius 1 is 1.25 bits per heavy atom. The monoisotopic (exact) mass is 253 g/mol. The third-order valence-electron chi connectivity index (χ3n) is 2.21. The van der Waals surface area contributed by atoms with Crippen LogP contribution in [-0.2, 0) is 9.84 Å². The Hall–Kier alpha value is -1.20. The second kappa shape index (κ2) is 4.35. The lowest BCUT2D eigenvalue weighted by molar-refractivity contribution is 0.595. The highest BCUT2D eigenvalue weighted by molar-refractivity contribution is 7.91. The Morgan fingerprint density at radius 3 is 2.44 bits per heavy atom. The molecule has 0 fully saturated rings. The van der Waals surface area contributed by atoms with Crippen LogP contribution in [0.15, 0.2) is 41.9 Å². The summed E-state index contributed by atoms with van der Waals surface area (Å²) in [6, 6.07) is 9.16. The average Bonchev–Trinajstić information content (AvgIpc) is 2.71. The molecule has 1 atom stereocenters. The predicted molar refractivity (Wildman–Crippen MR) is 65.2 cm³/mol. The number of rotatable bonds is 3. The van der Waals surface area contributed by atoms with Crippen LogP contribution in [0.2, 0.25) is 0 Å². The van der Waals surface area contributed by atoms with Crippen molar-refractivity contribution < 1.29 is 8.42 Å². The molecule has 0 amide bonds. The van der Waals surface area contributed by atoms with E-state index in [1.165, 1.54) is 17.6 Å². The summed E-state index contributed by atoms with van der Waals surface area (Å²) in [5.41, 5.74) is 0.764. The van der Waals surface area contributed by atoms with Crippen molar-refractivity contribution >= 4 is 21.2 Å². The minimum atomic E-state index is -3.19. The van der Waals surface area contributed by atoms with E-state index < -0.39 is 15.1 Å². The molecule has 16 heavy (non-hydrogen) atoms. The first-order chi connectivity index (χ1) is 7.59. The van der Waals surface area contributed by atoms with Gasteiger partial charge in [-0.15, -0.1) is 11.3 Å². The SMILES string of the molecule is CS(=O)(=O)C(c1ccccc1)c1nccs1. The van der Waals surface area contributed by atoms with Crippen LogP contribution < -0.4 is 0 Å². The van der Waals surface area contributed by atoms with E-state index in [1.807, 2.05) is 30.3 Å². The fourth-order valence-corrected chi connectivity index (χ4v) is 3.98. The van der Waals surface area contributed by atoms with Gasteiger partial charge in [-0.2, -0.15) is 0 Å². The lowest BCUT2D eigenvalue weighted by Crippen LogP contribution is -2.12. The molecule has 5 heteroatoms. The van der Waals surface area contributed by atoms with Gasteiger partial charge in [-0.05, 0) is 5.56 Å². The van der Waals surface area contributed by atoms with Crippen molar-refractivity contribution in [2.24, 2.45) is 0 Å². The zero-order valence-electron chi connectivity index (χ0n) is 8.70. The van der Waals surface area contributed by atoms with Crippen molar-refractivity contribution in [1.29, 1.82) is 0 Å². The van der Waals surface area contributed by atoms with Gasteiger partial charge in [-0.1, -0.05) is 30.3 Å². The van der Waals surface area contributed by atoms with Crippen molar-refractivity contribution in [2.45, 2.75) is 5.25 Å². The van der Waals surface area contributed by atoms with Crippen LogP contribution in [0.4, 0.5) is 0 Å². The molecule has 0 radical (unpaired) electrons. The molecule has 0 aliphatic carbocycles. The molecule has 0 aliphatic heterocycles. The molecule has 2 aromatic rings. The highest BCUT2D eigenvalue weighted by atomic mass is 32.2. The molecular formula is C11H11NO2S2. The van der Waals surface area contributed by atoms with Crippen LogP contribution in [0.1, 0.15) is 15.8 Å². The van der Waals surface area contributed by atoms with Gasteiger partial charge < -0.3 is 0 Å². The van der Waals surface area contributed by atoms with Crippen molar-refractivity contribution in [3.8, 4) is 0 Å². The summed E-state index contributed by atoms with van der Waals surface area (Å²) in [7, 11) is -3.19. The number of benzene rings is 1. The average molecular weight is 253 g/mol. The summed E-state index contributed by atoms with van der Waals surface area (Å²) in [5.74, 6) is 0. The molecule has 1 aromatic heterocycles. The zero-order valence-corrected chi connectivity index (χ0v) is 10.3. The lowest BCUT2D eigenvalue weighted by atomic mass is 10.1. The van der Waals surface area contributed by atoms with Crippen LogP contribution in [0.5, 0.6) is 0 Å². The first-order valence-corrected chi connectivity index (χ1v) is 7.55. The van der Waals surface area contributed by atoms with Crippen LogP contribution in [0, 0.1) is 0 Å². The Balaban J connectivity index is 2.54. The van der Waals surface area contributed by atoms with Gasteiger partial charge in [0.25, 0.3) is 0 Å². The second-order valence-electron chi connectivity index (χ2n) is 3.49. The summed E-state index contributed by atoms with van der Waals surface area (Å²) in [6.07, 6.45) is 2.87. The number of hydrogen-bond acceptors (Lipinski definition) is 4.